The van der Waals surface area contributed by atoms with E-state index in [1.54, 1.807) is 6.20 Å². The zero-order valence-corrected chi connectivity index (χ0v) is 24.3. The maximum Gasteiger partial charge on any atom is 0.324 e. The molecule has 2 unspecified atom stereocenters. The molecule has 1 aliphatic rings. The lowest BCUT2D eigenvalue weighted by Gasteiger charge is -2.28. The zero-order chi connectivity index (χ0) is 28.0. The van der Waals surface area contributed by atoms with Crippen molar-refractivity contribution in [2.75, 3.05) is 6.61 Å². The number of aryl methyl sites for hydroxylation is 1. The third-order valence-electron chi connectivity index (χ3n) is 7.52. The Labute approximate surface area is 230 Å². The SMILES string of the molecule is CCOCc1cnc(Oc2ncc3c(c2F)C(CC)=C(/C(C(=O)C(C)CC)=C(\C)C(C)CC)CC3)nc1Cl. The van der Waals surface area contributed by atoms with Crippen LogP contribution in [0.15, 0.2) is 29.1 Å². The molecular weight excluding hydrogens is 505 g/mol. The van der Waals surface area contributed by atoms with Crippen molar-refractivity contribution in [3.63, 3.8) is 0 Å². The van der Waals surface area contributed by atoms with Gasteiger partial charge in [-0.1, -0.05) is 51.8 Å². The third-order valence-corrected chi connectivity index (χ3v) is 7.85. The first-order chi connectivity index (χ1) is 18.2. The molecule has 0 amide bonds. The minimum absolute atomic E-state index is 0.0974. The molecule has 0 N–H and O–H groups in total. The second kappa shape index (κ2) is 13.4. The predicted molar refractivity (Wildman–Crippen MR) is 149 cm³/mol. The van der Waals surface area contributed by atoms with Crippen LogP contribution in [0.25, 0.3) is 5.57 Å². The molecule has 0 aliphatic heterocycles. The molecule has 0 spiro atoms. The van der Waals surface area contributed by atoms with Gasteiger partial charge in [-0.3, -0.25) is 4.79 Å². The van der Waals surface area contributed by atoms with E-state index in [1.807, 2.05) is 34.6 Å². The lowest BCUT2D eigenvalue weighted by atomic mass is 9.76. The van der Waals surface area contributed by atoms with E-state index in [0.717, 1.165) is 40.7 Å². The number of rotatable bonds is 12. The number of halogens is 2. The molecule has 0 aromatic carbocycles. The third kappa shape index (κ3) is 6.32. The number of carbonyl (C=O) groups is 1. The average Bonchev–Trinajstić information content (AvgIpc) is 2.92. The fraction of sp³-hybridized carbons (Fsp3) is 0.533. The Hall–Kier alpha value is -2.64. The summed E-state index contributed by atoms with van der Waals surface area (Å²) in [5, 5.41) is 0.178. The Kier molecular flexibility index (Phi) is 10.6. The van der Waals surface area contributed by atoms with Crippen LogP contribution in [0.5, 0.6) is 11.9 Å². The van der Waals surface area contributed by atoms with Gasteiger partial charge in [-0.2, -0.15) is 4.98 Å². The summed E-state index contributed by atoms with van der Waals surface area (Å²) in [5.41, 5.74) is 5.50. The molecule has 1 aliphatic carbocycles. The topological polar surface area (TPSA) is 74.2 Å². The molecule has 206 valence electrons. The minimum atomic E-state index is -0.578. The molecule has 0 saturated heterocycles. The van der Waals surface area contributed by atoms with E-state index in [9.17, 15) is 4.79 Å². The molecular formula is C30H39ClFN3O3. The number of hydrogen-bond donors (Lipinski definition) is 0. The van der Waals surface area contributed by atoms with Crippen LogP contribution in [-0.4, -0.2) is 27.3 Å². The first-order valence-electron chi connectivity index (χ1n) is 13.6. The highest BCUT2D eigenvalue weighted by Crippen LogP contribution is 2.42. The summed E-state index contributed by atoms with van der Waals surface area (Å²) in [6.07, 6.45) is 6.66. The number of fused-ring (bicyclic) bond motifs is 1. The van der Waals surface area contributed by atoms with Crippen LogP contribution < -0.4 is 4.74 Å². The van der Waals surface area contributed by atoms with Crippen LogP contribution >= 0.6 is 11.6 Å². The minimum Gasteiger partial charge on any atom is -0.402 e. The van der Waals surface area contributed by atoms with E-state index in [1.165, 1.54) is 6.20 Å². The Morgan fingerprint density at radius 2 is 1.79 bits per heavy atom. The molecule has 0 fully saturated rings. The number of nitrogens with zero attached hydrogens (tertiary/aromatic N) is 3. The van der Waals surface area contributed by atoms with Crippen molar-refractivity contribution in [2.24, 2.45) is 11.8 Å². The number of aromatic nitrogens is 3. The first kappa shape index (κ1) is 29.9. The van der Waals surface area contributed by atoms with Gasteiger partial charge in [-0.05, 0) is 68.6 Å². The maximum absolute atomic E-state index is 16.1. The Morgan fingerprint density at radius 1 is 1.08 bits per heavy atom. The van der Waals surface area contributed by atoms with Crippen molar-refractivity contribution in [1.82, 2.24) is 15.0 Å². The van der Waals surface area contributed by atoms with Crippen molar-refractivity contribution in [2.45, 2.75) is 87.2 Å². The van der Waals surface area contributed by atoms with E-state index in [-0.39, 0.29) is 41.3 Å². The summed E-state index contributed by atoms with van der Waals surface area (Å²) in [7, 11) is 0. The van der Waals surface area contributed by atoms with Crippen LogP contribution in [0.4, 0.5) is 4.39 Å². The molecule has 8 heteroatoms. The highest BCUT2D eigenvalue weighted by Gasteiger charge is 2.31. The van der Waals surface area contributed by atoms with Crippen LogP contribution in [-0.2, 0) is 22.6 Å². The van der Waals surface area contributed by atoms with Gasteiger partial charge in [0.15, 0.2) is 11.6 Å². The number of hydrogen-bond acceptors (Lipinski definition) is 6. The van der Waals surface area contributed by atoms with Gasteiger partial charge in [0, 0.05) is 41.6 Å². The number of pyridine rings is 1. The normalized spacial score (nSPS) is 15.6. The van der Waals surface area contributed by atoms with Crippen LogP contribution in [0.2, 0.25) is 5.15 Å². The van der Waals surface area contributed by atoms with Crippen molar-refractivity contribution in [3.05, 3.63) is 56.8 Å². The van der Waals surface area contributed by atoms with Gasteiger partial charge < -0.3 is 9.47 Å². The highest BCUT2D eigenvalue weighted by molar-refractivity contribution is 6.30. The lowest BCUT2D eigenvalue weighted by molar-refractivity contribution is -0.118. The first-order valence-corrected chi connectivity index (χ1v) is 14.0. The molecule has 2 atom stereocenters. The van der Waals surface area contributed by atoms with Gasteiger partial charge in [-0.25, -0.2) is 14.4 Å². The Balaban J connectivity index is 2.11. The standard InChI is InChI=1S/C30H39ClFN3O3/c1-8-17(5)19(7)24(27(36)18(6)9-2)23-13-12-20-14-33-29(26(32)25(20)22(23)10-3)38-30-34-15-21(16-37-11-4)28(31)35-30/h14-15,17-18H,8-13,16H2,1-7H3/b24-19-. The number of allylic oxidation sites excluding steroid dienone is 4. The molecule has 2 aromatic rings. The second-order valence-corrected chi connectivity index (χ2v) is 10.2. The zero-order valence-electron chi connectivity index (χ0n) is 23.6. The van der Waals surface area contributed by atoms with Crippen molar-refractivity contribution in [3.8, 4) is 11.9 Å². The number of ketones is 1. The van der Waals surface area contributed by atoms with Gasteiger partial charge in [0.25, 0.3) is 5.88 Å². The molecule has 2 heterocycles. The van der Waals surface area contributed by atoms with Crippen LogP contribution in [0, 0.1) is 17.7 Å². The molecule has 2 aromatic heterocycles. The van der Waals surface area contributed by atoms with Gasteiger partial charge in [-0.15, -0.1) is 0 Å². The maximum atomic E-state index is 16.1. The monoisotopic (exact) mass is 543 g/mol. The average molecular weight is 544 g/mol. The van der Waals surface area contributed by atoms with Gasteiger partial charge >= 0.3 is 6.01 Å². The fourth-order valence-electron chi connectivity index (χ4n) is 4.70. The summed E-state index contributed by atoms with van der Waals surface area (Å²) in [6.45, 7) is 15.0. The molecule has 38 heavy (non-hydrogen) atoms. The number of Topliss-reactive ketones (excluding diaryl/α,β-unsaturated/α-hetero) is 1. The molecule has 3 rings (SSSR count). The predicted octanol–water partition coefficient (Wildman–Crippen LogP) is 8.08. The van der Waals surface area contributed by atoms with Crippen LogP contribution in [0.3, 0.4) is 0 Å². The summed E-state index contributed by atoms with van der Waals surface area (Å²) in [4.78, 5) is 26.2. The van der Waals surface area contributed by atoms with E-state index in [0.29, 0.717) is 37.0 Å². The lowest BCUT2D eigenvalue weighted by Crippen LogP contribution is -2.21. The summed E-state index contributed by atoms with van der Waals surface area (Å²) < 4.78 is 27.1. The number of ether oxygens (including phenoxy) is 2. The molecule has 6 nitrogen and oxygen atoms in total. The molecule has 0 saturated carbocycles. The fourth-order valence-corrected chi connectivity index (χ4v) is 4.88. The molecule has 0 bridgehead atoms. The quantitative estimate of drug-likeness (QED) is 0.199. The van der Waals surface area contributed by atoms with Gasteiger partial charge in [0.1, 0.15) is 5.15 Å². The molecule has 0 radical (unpaired) electrons. The largest absolute Gasteiger partial charge is 0.402 e. The van der Waals surface area contributed by atoms with Crippen LogP contribution in [0.1, 0.15) is 90.8 Å². The highest BCUT2D eigenvalue weighted by atomic mass is 35.5. The van der Waals surface area contributed by atoms with Crippen molar-refractivity contribution < 1.29 is 18.7 Å². The number of carbonyl (C=O) groups excluding carboxylic acids is 1. The van der Waals surface area contributed by atoms with Crippen molar-refractivity contribution >= 4 is 23.0 Å². The Morgan fingerprint density at radius 3 is 2.39 bits per heavy atom. The summed E-state index contributed by atoms with van der Waals surface area (Å²) in [5.74, 6) is -0.521. The van der Waals surface area contributed by atoms with E-state index in [4.69, 9.17) is 21.1 Å². The van der Waals surface area contributed by atoms with Crippen molar-refractivity contribution in [1.29, 1.82) is 0 Å². The second-order valence-electron chi connectivity index (χ2n) is 9.84. The van der Waals surface area contributed by atoms with E-state index >= 15 is 4.39 Å². The van der Waals surface area contributed by atoms with E-state index in [2.05, 4.69) is 28.8 Å². The van der Waals surface area contributed by atoms with E-state index < -0.39 is 5.82 Å². The smallest absolute Gasteiger partial charge is 0.324 e. The van der Waals surface area contributed by atoms with Gasteiger partial charge in [0.05, 0.1) is 6.61 Å². The summed E-state index contributed by atoms with van der Waals surface area (Å²) >= 11 is 6.25. The van der Waals surface area contributed by atoms with Gasteiger partial charge in [0.2, 0.25) is 0 Å². The Bertz CT molecular complexity index is 1240. The summed E-state index contributed by atoms with van der Waals surface area (Å²) in [6, 6.07) is -0.0974.